The first-order valence-corrected chi connectivity index (χ1v) is 8.02. The van der Waals surface area contributed by atoms with Gasteiger partial charge in [-0.3, -0.25) is 4.72 Å². The van der Waals surface area contributed by atoms with Crippen LogP contribution in [0.5, 0.6) is 0 Å². The van der Waals surface area contributed by atoms with Crippen molar-refractivity contribution in [1.29, 1.82) is 0 Å². The van der Waals surface area contributed by atoms with Crippen molar-refractivity contribution < 1.29 is 8.42 Å². The predicted octanol–water partition coefficient (Wildman–Crippen LogP) is 3.95. The molecule has 0 radical (unpaired) electrons. The van der Waals surface area contributed by atoms with E-state index in [1.165, 1.54) is 18.3 Å². The SMILES string of the molecule is O=S(=O)(Nc1ccccn1)c1cc(Cl)c(Cl)cc1Br. The molecule has 0 bridgehead atoms. The molecule has 4 nitrogen and oxygen atoms in total. The summed E-state index contributed by atoms with van der Waals surface area (Å²) in [5.74, 6) is 0.223. The van der Waals surface area contributed by atoms with Crippen molar-refractivity contribution in [3.05, 3.63) is 51.0 Å². The highest BCUT2D eigenvalue weighted by Crippen LogP contribution is 2.32. The van der Waals surface area contributed by atoms with Crippen molar-refractivity contribution in [1.82, 2.24) is 4.98 Å². The predicted molar refractivity (Wildman–Crippen MR) is 79.2 cm³/mol. The normalized spacial score (nSPS) is 11.3. The summed E-state index contributed by atoms with van der Waals surface area (Å²) in [4.78, 5) is 3.89. The van der Waals surface area contributed by atoms with Gasteiger partial charge < -0.3 is 0 Å². The highest BCUT2D eigenvalue weighted by Gasteiger charge is 2.20. The fourth-order valence-electron chi connectivity index (χ4n) is 1.33. The average molecular weight is 382 g/mol. The number of hydrogen-bond acceptors (Lipinski definition) is 3. The molecule has 0 fully saturated rings. The van der Waals surface area contributed by atoms with Gasteiger partial charge in [0.15, 0.2) is 0 Å². The fourth-order valence-corrected chi connectivity index (χ4v) is 3.93. The maximum atomic E-state index is 12.2. The van der Waals surface area contributed by atoms with Gasteiger partial charge in [-0.15, -0.1) is 0 Å². The topological polar surface area (TPSA) is 59.1 Å². The quantitative estimate of drug-likeness (QED) is 0.818. The molecule has 0 spiro atoms. The van der Waals surface area contributed by atoms with Crippen LogP contribution in [0.4, 0.5) is 5.82 Å². The van der Waals surface area contributed by atoms with E-state index < -0.39 is 10.0 Å². The molecule has 0 unspecified atom stereocenters. The lowest BCUT2D eigenvalue weighted by Crippen LogP contribution is -2.14. The number of benzene rings is 1. The van der Waals surface area contributed by atoms with Gasteiger partial charge in [-0.05, 0) is 40.2 Å². The number of nitrogens with one attached hydrogen (secondary N) is 1. The van der Waals surface area contributed by atoms with E-state index in [2.05, 4.69) is 25.6 Å². The van der Waals surface area contributed by atoms with E-state index >= 15 is 0 Å². The van der Waals surface area contributed by atoms with Gasteiger partial charge in [0, 0.05) is 10.7 Å². The third-order valence-electron chi connectivity index (χ3n) is 2.17. The lowest BCUT2D eigenvalue weighted by atomic mass is 10.4. The highest BCUT2D eigenvalue weighted by atomic mass is 79.9. The number of rotatable bonds is 3. The summed E-state index contributed by atoms with van der Waals surface area (Å²) in [6.07, 6.45) is 1.49. The summed E-state index contributed by atoms with van der Waals surface area (Å²) in [5.41, 5.74) is 0. The van der Waals surface area contributed by atoms with Gasteiger partial charge in [0.1, 0.15) is 10.7 Å². The van der Waals surface area contributed by atoms with Crippen molar-refractivity contribution >= 4 is 55.0 Å². The first-order chi connectivity index (χ1) is 8.90. The zero-order chi connectivity index (χ0) is 14.0. The lowest BCUT2D eigenvalue weighted by molar-refractivity contribution is 0.600. The maximum absolute atomic E-state index is 12.2. The molecular formula is C11H7BrCl2N2O2S. The second-order valence-electron chi connectivity index (χ2n) is 3.52. The standard InChI is InChI=1S/C11H7BrCl2N2O2S/c12-7-5-8(13)9(14)6-10(7)19(17,18)16-11-3-1-2-4-15-11/h1-6H,(H,15,16). The molecule has 100 valence electrons. The maximum Gasteiger partial charge on any atom is 0.264 e. The first-order valence-electron chi connectivity index (χ1n) is 4.98. The Labute approximate surface area is 128 Å². The fraction of sp³-hybridized carbons (Fsp3) is 0. The summed E-state index contributed by atoms with van der Waals surface area (Å²) in [7, 11) is -3.79. The van der Waals surface area contributed by atoms with Gasteiger partial charge in [-0.2, -0.15) is 0 Å². The van der Waals surface area contributed by atoms with Gasteiger partial charge >= 0.3 is 0 Å². The molecule has 0 atom stereocenters. The first kappa shape index (κ1) is 14.6. The second kappa shape index (κ2) is 5.66. The van der Waals surface area contributed by atoms with Crippen LogP contribution in [-0.4, -0.2) is 13.4 Å². The summed E-state index contributed by atoms with van der Waals surface area (Å²) in [6, 6.07) is 7.61. The molecule has 0 aliphatic carbocycles. The zero-order valence-electron chi connectivity index (χ0n) is 9.27. The van der Waals surface area contributed by atoms with E-state index in [-0.39, 0.29) is 20.8 Å². The summed E-state index contributed by atoms with van der Waals surface area (Å²) < 4.78 is 27.1. The minimum absolute atomic E-state index is 0.00690. The van der Waals surface area contributed by atoms with Crippen molar-refractivity contribution in [3.8, 4) is 0 Å². The smallest absolute Gasteiger partial charge is 0.263 e. The lowest BCUT2D eigenvalue weighted by Gasteiger charge is -2.09. The molecule has 0 saturated heterocycles. The minimum atomic E-state index is -3.79. The Morgan fingerprint density at radius 1 is 1.16 bits per heavy atom. The van der Waals surface area contributed by atoms with Crippen LogP contribution in [0.1, 0.15) is 0 Å². The van der Waals surface area contributed by atoms with Crippen LogP contribution in [-0.2, 0) is 10.0 Å². The van der Waals surface area contributed by atoms with E-state index in [1.54, 1.807) is 18.2 Å². The van der Waals surface area contributed by atoms with Crippen LogP contribution in [0.3, 0.4) is 0 Å². The Hall–Kier alpha value is -0.820. The zero-order valence-corrected chi connectivity index (χ0v) is 13.2. The molecular weight excluding hydrogens is 375 g/mol. The molecule has 0 aliphatic heterocycles. The molecule has 2 aromatic rings. The van der Waals surface area contributed by atoms with Crippen LogP contribution >= 0.6 is 39.1 Å². The highest BCUT2D eigenvalue weighted by molar-refractivity contribution is 9.10. The van der Waals surface area contributed by atoms with Gasteiger partial charge in [0.05, 0.1) is 10.0 Å². The number of halogens is 3. The van der Waals surface area contributed by atoms with Gasteiger partial charge in [-0.1, -0.05) is 29.3 Å². The van der Waals surface area contributed by atoms with E-state index in [4.69, 9.17) is 23.2 Å². The van der Waals surface area contributed by atoms with Crippen LogP contribution in [0, 0.1) is 0 Å². The summed E-state index contributed by atoms with van der Waals surface area (Å²) >= 11 is 14.8. The van der Waals surface area contributed by atoms with Gasteiger partial charge in [0.25, 0.3) is 10.0 Å². The van der Waals surface area contributed by atoms with E-state index in [9.17, 15) is 8.42 Å². The molecule has 0 aliphatic rings. The van der Waals surface area contributed by atoms with Crippen LogP contribution in [0.25, 0.3) is 0 Å². The van der Waals surface area contributed by atoms with E-state index in [1.807, 2.05) is 0 Å². The van der Waals surface area contributed by atoms with Crippen LogP contribution in [0.15, 0.2) is 45.9 Å². The minimum Gasteiger partial charge on any atom is -0.263 e. The van der Waals surface area contributed by atoms with E-state index in [0.717, 1.165) is 0 Å². The molecule has 8 heteroatoms. The second-order valence-corrected chi connectivity index (χ2v) is 6.84. The van der Waals surface area contributed by atoms with Crippen LogP contribution < -0.4 is 4.72 Å². The van der Waals surface area contributed by atoms with Crippen molar-refractivity contribution in [2.24, 2.45) is 0 Å². The van der Waals surface area contributed by atoms with Gasteiger partial charge in [-0.25, -0.2) is 13.4 Å². The largest absolute Gasteiger partial charge is 0.264 e. The third kappa shape index (κ3) is 3.39. The van der Waals surface area contributed by atoms with Gasteiger partial charge in [0.2, 0.25) is 0 Å². The van der Waals surface area contributed by atoms with Crippen molar-refractivity contribution in [2.75, 3.05) is 4.72 Å². The molecule has 1 aromatic heterocycles. The Morgan fingerprint density at radius 2 is 1.84 bits per heavy atom. The van der Waals surface area contributed by atoms with Crippen molar-refractivity contribution in [3.63, 3.8) is 0 Å². The summed E-state index contributed by atoms with van der Waals surface area (Å²) in [6.45, 7) is 0. The monoisotopic (exact) mass is 380 g/mol. The molecule has 1 aromatic carbocycles. The molecule has 1 heterocycles. The third-order valence-corrected chi connectivity index (χ3v) is 5.20. The van der Waals surface area contributed by atoms with Crippen molar-refractivity contribution in [2.45, 2.75) is 4.90 Å². The molecule has 2 rings (SSSR count). The number of aromatic nitrogens is 1. The number of hydrogen-bond donors (Lipinski definition) is 1. The molecule has 0 amide bonds. The van der Waals surface area contributed by atoms with E-state index in [0.29, 0.717) is 4.47 Å². The molecule has 19 heavy (non-hydrogen) atoms. The Bertz CT molecular complexity index is 708. The number of anilines is 1. The molecule has 1 N–H and O–H groups in total. The van der Waals surface area contributed by atoms with Crippen LogP contribution in [0.2, 0.25) is 10.0 Å². The average Bonchev–Trinajstić information content (AvgIpc) is 2.34. The number of sulfonamides is 1. The summed E-state index contributed by atoms with van der Waals surface area (Å²) in [5, 5.41) is 0.427. The molecule has 0 saturated carbocycles. The Kier molecular flexibility index (Phi) is 4.35. The Morgan fingerprint density at radius 3 is 2.47 bits per heavy atom. The Balaban J connectivity index is 2.43. The number of nitrogens with zero attached hydrogens (tertiary/aromatic N) is 1. The number of pyridine rings is 1.